The van der Waals surface area contributed by atoms with Crippen LogP contribution in [-0.2, 0) is 4.74 Å². The van der Waals surface area contributed by atoms with Crippen molar-refractivity contribution in [2.75, 3.05) is 33.4 Å². The first-order chi connectivity index (χ1) is 9.29. The van der Waals surface area contributed by atoms with E-state index in [0.717, 1.165) is 37.1 Å². The van der Waals surface area contributed by atoms with Crippen LogP contribution in [0.1, 0.15) is 44.9 Å². The van der Waals surface area contributed by atoms with E-state index in [-0.39, 0.29) is 0 Å². The maximum absolute atomic E-state index is 5.58. The summed E-state index contributed by atoms with van der Waals surface area (Å²) in [5.74, 6) is 1.76. The standard InChI is InChI=1S/C16H30N2O/c1-18(11-14-3-2-8-19-12-14)7-6-13-9-15-4-5-16(10-13)17-15/h13-17H,2-12H2,1H3. The van der Waals surface area contributed by atoms with Crippen molar-refractivity contribution in [1.29, 1.82) is 0 Å². The van der Waals surface area contributed by atoms with Gasteiger partial charge < -0.3 is 15.0 Å². The zero-order valence-corrected chi connectivity index (χ0v) is 12.4. The molecule has 0 aromatic heterocycles. The number of ether oxygens (including phenoxy) is 1. The summed E-state index contributed by atoms with van der Waals surface area (Å²) in [6, 6.07) is 1.70. The maximum Gasteiger partial charge on any atom is 0.0506 e. The molecule has 0 aliphatic carbocycles. The van der Waals surface area contributed by atoms with Crippen LogP contribution in [0.2, 0.25) is 0 Å². The minimum atomic E-state index is 0.781. The minimum absolute atomic E-state index is 0.781. The number of fused-ring (bicyclic) bond motifs is 2. The normalized spacial score (nSPS) is 38.8. The average molecular weight is 266 g/mol. The molecule has 3 unspecified atom stereocenters. The third kappa shape index (κ3) is 3.93. The fraction of sp³-hybridized carbons (Fsp3) is 1.00. The van der Waals surface area contributed by atoms with Crippen LogP contribution >= 0.6 is 0 Å². The molecule has 19 heavy (non-hydrogen) atoms. The third-order valence-corrected chi connectivity index (χ3v) is 5.31. The highest BCUT2D eigenvalue weighted by Crippen LogP contribution is 2.32. The Morgan fingerprint density at radius 2 is 1.89 bits per heavy atom. The SMILES string of the molecule is CN(CCC1CC2CCC(C1)N2)CC1CCCOC1. The Balaban J connectivity index is 1.34. The Labute approximate surface area is 118 Å². The van der Waals surface area contributed by atoms with E-state index in [0.29, 0.717) is 0 Å². The molecule has 0 aromatic carbocycles. The summed E-state index contributed by atoms with van der Waals surface area (Å²) in [4.78, 5) is 2.54. The predicted molar refractivity (Wildman–Crippen MR) is 78.3 cm³/mol. The van der Waals surface area contributed by atoms with Crippen molar-refractivity contribution in [2.24, 2.45) is 11.8 Å². The maximum atomic E-state index is 5.58. The van der Waals surface area contributed by atoms with Crippen molar-refractivity contribution in [3.8, 4) is 0 Å². The molecule has 3 aliphatic heterocycles. The van der Waals surface area contributed by atoms with Crippen LogP contribution in [0.5, 0.6) is 0 Å². The summed E-state index contributed by atoms with van der Waals surface area (Å²) in [5, 5.41) is 3.74. The van der Waals surface area contributed by atoms with Crippen LogP contribution < -0.4 is 5.32 Å². The lowest BCUT2D eigenvalue weighted by Gasteiger charge is -2.31. The van der Waals surface area contributed by atoms with Crippen molar-refractivity contribution in [2.45, 2.75) is 57.0 Å². The van der Waals surface area contributed by atoms with Crippen LogP contribution in [0, 0.1) is 11.8 Å². The van der Waals surface area contributed by atoms with Gasteiger partial charge in [-0.3, -0.25) is 0 Å². The molecule has 3 rings (SSSR count). The Bertz CT molecular complexity index is 266. The van der Waals surface area contributed by atoms with Gasteiger partial charge in [0.25, 0.3) is 0 Å². The van der Waals surface area contributed by atoms with E-state index in [9.17, 15) is 0 Å². The number of nitrogens with one attached hydrogen (secondary N) is 1. The Morgan fingerprint density at radius 3 is 2.58 bits per heavy atom. The fourth-order valence-electron chi connectivity index (χ4n) is 4.30. The molecule has 2 bridgehead atoms. The molecule has 0 amide bonds. The first kappa shape index (κ1) is 13.8. The van der Waals surface area contributed by atoms with Gasteiger partial charge in [-0.05, 0) is 70.4 Å². The largest absolute Gasteiger partial charge is 0.381 e. The molecule has 3 saturated heterocycles. The number of piperidine rings is 1. The lowest BCUT2D eigenvalue weighted by molar-refractivity contribution is 0.0411. The van der Waals surface area contributed by atoms with Crippen molar-refractivity contribution in [1.82, 2.24) is 10.2 Å². The van der Waals surface area contributed by atoms with E-state index in [1.807, 2.05) is 0 Å². The monoisotopic (exact) mass is 266 g/mol. The lowest BCUT2D eigenvalue weighted by atomic mass is 9.89. The van der Waals surface area contributed by atoms with Gasteiger partial charge in [-0.25, -0.2) is 0 Å². The van der Waals surface area contributed by atoms with Gasteiger partial charge in [0, 0.05) is 25.2 Å². The minimum Gasteiger partial charge on any atom is -0.381 e. The average Bonchev–Trinajstić information content (AvgIpc) is 2.77. The van der Waals surface area contributed by atoms with Crippen LogP contribution in [0.4, 0.5) is 0 Å². The van der Waals surface area contributed by atoms with Gasteiger partial charge in [-0.2, -0.15) is 0 Å². The molecule has 3 atom stereocenters. The quantitative estimate of drug-likeness (QED) is 0.826. The number of rotatable bonds is 5. The van der Waals surface area contributed by atoms with Crippen molar-refractivity contribution >= 4 is 0 Å². The second kappa shape index (κ2) is 6.55. The summed E-state index contributed by atoms with van der Waals surface area (Å²) in [5.41, 5.74) is 0. The molecule has 3 aliphatic rings. The van der Waals surface area contributed by atoms with Crippen molar-refractivity contribution in [3.05, 3.63) is 0 Å². The number of nitrogens with zero attached hydrogens (tertiary/aromatic N) is 1. The molecule has 3 fully saturated rings. The molecule has 0 aromatic rings. The molecule has 3 nitrogen and oxygen atoms in total. The Morgan fingerprint density at radius 1 is 1.11 bits per heavy atom. The van der Waals surface area contributed by atoms with E-state index in [2.05, 4.69) is 17.3 Å². The zero-order chi connectivity index (χ0) is 13.1. The number of hydrogen-bond acceptors (Lipinski definition) is 3. The summed E-state index contributed by atoms with van der Waals surface area (Å²) in [6.45, 7) is 4.48. The van der Waals surface area contributed by atoms with Crippen LogP contribution in [-0.4, -0.2) is 50.3 Å². The lowest BCUT2D eigenvalue weighted by Crippen LogP contribution is -2.39. The van der Waals surface area contributed by atoms with Gasteiger partial charge in [0.2, 0.25) is 0 Å². The van der Waals surface area contributed by atoms with E-state index >= 15 is 0 Å². The molecule has 0 radical (unpaired) electrons. The summed E-state index contributed by atoms with van der Waals surface area (Å²) < 4.78 is 5.58. The Kier molecular flexibility index (Phi) is 4.78. The molecular weight excluding hydrogens is 236 g/mol. The molecule has 1 N–H and O–H groups in total. The van der Waals surface area contributed by atoms with Crippen LogP contribution in [0.25, 0.3) is 0 Å². The molecule has 0 saturated carbocycles. The van der Waals surface area contributed by atoms with Crippen LogP contribution in [0.15, 0.2) is 0 Å². The molecule has 3 heteroatoms. The smallest absolute Gasteiger partial charge is 0.0506 e. The first-order valence-electron chi connectivity index (χ1n) is 8.32. The second-order valence-corrected chi connectivity index (χ2v) is 7.11. The predicted octanol–water partition coefficient (Wildman–Crippen LogP) is 2.27. The second-order valence-electron chi connectivity index (χ2n) is 7.11. The van der Waals surface area contributed by atoms with Crippen molar-refractivity contribution < 1.29 is 4.74 Å². The first-order valence-corrected chi connectivity index (χ1v) is 8.32. The van der Waals surface area contributed by atoms with E-state index < -0.39 is 0 Å². The van der Waals surface area contributed by atoms with Gasteiger partial charge in [-0.15, -0.1) is 0 Å². The molecule has 110 valence electrons. The summed E-state index contributed by atoms with van der Waals surface area (Å²) >= 11 is 0. The van der Waals surface area contributed by atoms with E-state index in [1.54, 1.807) is 0 Å². The van der Waals surface area contributed by atoms with Gasteiger partial charge in [0.15, 0.2) is 0 Å². The van der Waals surface area contributed by atoms with Gasteiger partial charge >= 0.3 is 0 Å². The highest BCUT2D eigenvalue weighted by atomic mass is 16.5. The summed E-state index contributed by atoms with van der Waals surface area (Å²) in [6.07, 6.45) is 9.73. The third-order valence-electron chi connectivity index (χ3n) is 5.31. The van der Waals surface area contributed by atoms with Crippen molar-refractivity contribution in [3.63, 3.8) is 0 Å². The van der Waals surface area contributed by atoms with Gasteiger partial charge in [0.1, 0.15) is 0 Å². The van der Waals surface area contributed by atoms with E-state index in [4.69, 9.17) is 4.74 Å². The fourth-order valence-corrected chi connectivity index (χ4v) is 4.30. The summed E-state index contributed by atoms with van der Waals surface area (Å²) in [7, 11) is 2.30. The van der Waals surface area contributed by atoms with E-state index in [1.165, 1.54) is 58.0 Å². The van der Waals surface area contributed by atoms with Gasteiger partial charge in [-0.1, -0.05) is 0 Å². The molecule has 3 heterocycles. The topological polar surface area (TPSA) is 24.5 Å². The Hall–Kier alpha value is -0.120. The molecular formula is C16H30N2O. The molecule has 0 spiro atoms. The number of hydrogen-bond donors (Lipinski definition) is 1. The van der Waals surface area contributed by atoms with Crippen LogP contribution in [0.3, 0.4) is 0 Å². The highest BCUT2D eigenvalue weighted by Gasteiger charge is 2.33. The van der Waals surface area contributed by atoms with Gasteiger partial charge in [0.05, 0.1) is 6.61 Å². The zero-order valence-electron chi connectivity index (χ0n) is 12.4. The highest BCUT2D eigenvalue weighted by molar-refractivity contribution is 4.92.